The number of rotatable bonds is 5. The van der Waals surface area contributed by atoms with Gasteiger partial charge in [0.2, 0.25) is 5.91 Å². The van der Waals surface area contributed by atoms with Gasteiger partial charge >= 0.3 is 0 Å². The first-order valence-corrected chi connectivity index (χ1v) is 7.70. The zero-order valence-corrected chi connectivity index (χ0v) is 13.9. The topological polar surface area (TPSA) is 41.1 Å². The van der Waals surface area contributed by atoms with Gasteiger partial charge in [-0.2, -0.15) is 0 Å². The number of carbonyl (C=O) groups excluding carboxylic acids is 1. The van der Waals surface area contributed by atoms with Gasteiger partial charge in [0.1, 0.15) is 0 Å². The summed E-state index contributed by atoms with van der Waals surface area (Å²) < 4.78 is 0. The molecule has 2 N–H and O–H groups in total. The lowest BCUT2D eigenvalue weighted by molar-refractivity contribution is -0.115. The van der Waals surface area contributed by atoms with E-state index in [0.29, 0.717) is 5.02 Å². The molecule has 0 aromatic heterocycles. The second-order valence-electron chi connectivity index (χ2n) is 5.44. The molecule has 0 radical (unpaired) electrons. The van der Waals surface area contributed by atoms with E-state index in [0.717, 1.165) is 22.4 Å². The number of benzene rings is 2. The van der Waals surface area contributed by atoms with Gasteiger partial charge in [0.25, 0.3) is 0 Å². The zero-order chi connectivity index (χ0) is 16.1. The van der Waals surface area contributed by atoms with Crippen LogP contribution in [0.25, 0.3) is 0 Å². The maximum absolute atomic E-state index is 12.1. The van der Waals surface area contributed by atoms with E-state index in [1.54, 1.807) is 0 Å². The molecule has 2 aromatic rings. The van der Waals surface area contributed by atoms with Crippen molar-refractivity contribution in [1.82, 2.24) is 5.32 Å². The van der Waals surface area contributed by atoms with E-state index in [-0.39, 0.29) is 18.5 Å². The van der Waals surface area contributed by atoms with E-state index >= 15 is 0 Å². The number of hydrogen-bond acceptors (Lipinski definition) is 2. The van der Waals surface area contributed by atoms with Crippen LogP contribution >= 0.6 is 11.6 Å². The Kier molecular flexibility index (Phi) is 5.58. The molecule has 0 saturated carbocycles. The molecule has 0 saturated heterocycles. The lowest BCUT2D eigenvalue weighted by atomic mass is 10.1. The number of anilines is 1. The van der Waals surface area contributed by atoms with Crippen molar-refractivity contribution in [3.63, 3.8) is 0 Å². The van der Waals surface area contributed by atoms with Gasteiger partial charge < -0.3 is 10.6 Å². The first kappa shape index (κ1) is 16.5. The van der Waals surface area contributed by atoms with Crippen LogP contribution in [-0.2, 0) is 4.79 Å². The number of carbonyl (C=O) groups is 1. The SMILES string of the molecule is Cc1cccc(C)c1NC(=O)CN[C@H](C)c1ccccc1Cl. The predicted molar refractivity (Wildman–Crippen MR) is 92.4 cm³/mol. The fourth-order valence-electron chi connectivity index (χ4n) is 2.38. The summed E-state index contributed by atoms with van der Waals surface area (Å²) in [5.74, 6) is -0.0590. The fraction of sp³-hybridized carbons (Fsp3) is 0.278. The molecule has 0 spiro atoms. The maximum atomic E-state index is 12.1. The molecule has 4 heteroatoms. The molecule has 0 aliphatic carbocycles. The van der Waals surface area contributed by atoms with Crippen molar-refractivity contribution in [1.29, 1.82) is 0 Å². The Morgan fingerprint density at radius 1 is 1.09 bits per heavy atom. The Hall–Kier alpha value is -1.84. The summed E-state index contributed by atoms with van der Waals surface area (Å²) in [7, 11) is 0. The quantitative estimate of drug-likeness (QED) is 0.866. The second-order valence-corrected chi connectivity index (χ2v) is 5.85. The van der Waals surface area contributed by atoms with Gasteiger partial charge in [0.15, 0.2) is 0 Å². The molecule has 22 heavy (non-hydrogen) atoms. The zero-order valence-electron chi connectivity index (χ0n) is 13.1. The van der Waals surface area contributed by atoms with Crippen molar-refractivity contribution < 1.29 is 4.79 Å². The normalized spacial score (nSPS) is 12.0. The van der Waals surface area contributed by atoms with Gasteiger partial charge in [0, 0.05) is 16.8 Å². The van der Waals surface area contributed by atoms with Gasteiger partial charge in [-0.25, -0.2) is 0 Å². The molecule has 0 bridgehead atoms. The van der Waals surface area contributed by atoms with Gasteiger partial charge in [0.05, 0.1) is 6.54 Å². The molecule has 116 valence electrons. The van der Waals surface area contributed by atoms with Crippen molar-refractivity contribution in [3.8, 4) is 0 Å². The van der Waals surface area contributed by atoms with Gasteiger partial charge in [-0.3, -0.25) is 4.79 Å². The minimum absolute atomic E-state index is 0.0115. The molecule has 2 aromatic carbocycles. The van der Waals surface area contributed by atoms with Crippen LogP contribution in [0.5, 0.6) is 0 Å². The second kappa shape index (κ2) is 7.43. The highest BCUT2D eigenvalue weighted by molar-refractivity contribution is 6.31. The van der Waals surface area contributed by atoms with Crippen molar-refractivity contribution in [2.75, 3.05) is 11.9 Å². The third kappa shape index (κ3) is 4.09. The molecule has 1 amide bonds. The van der Waals surface area contributed by atoms with Gasteiger partial charge in [-0.15, -0.1) is 0 Å². The smallest absolute Gasteiger partial charge is 0.238 e. The molecule has 0 fully saturated rings. The summed E-state index contributed by atoms with van der Waals surface area (Å²) >= 11 is 6.17. The summed E-state index contributed by atoms with van der Waals surface area (Å²) in [6, 6.07) is 13.6. The summed E-state index contributed by atoms with van der Waals surface area (Å²) in [4.78, 5) is 12.1. The van der Waals surface area contributed by atoms with Crippen LogP contribution in [-0.4, -0.2) is 12.5 Å². The van der Waals surface area contributed by atoms with Crippen LogP contribution in [0.4, 0.5) is 5.69 Å². The van der Waals surface area contributed by atoms with E-state index in [1.807, 2.05) is 63.2 Å². The van der Waals surface area contributed by atoms with Crippen molar-refractivity contribution in [2.24, 2.45) is 0 Å². The van der Waals surface area contributed by atoms with Crippen molar-refractivity contribution >= 4 is 23.2 Å². The van der Waals surface area contributed by atoms with Crippen LogP contribution < -0.4 is 10.6 Å². The summed E-state index contributed by atoms with van der Waals surface area (Å²) in [6.07, 6.45) is 0. The first-order valence-electron chi connectivity index (χ1n) is 7.33. The largest absolute Gasteiger partial charge is 0.324 e. The first-order chi connectivity index (χ1) is 10.5. The minimum Gasteiger partial charge on any atom is -0.324 e. The Bertz CT molecular complexity index is 650. The molecule has 0 aliphatic heterocycles. The molecular weight excluding hydrogens is 296 g/mol. The number of halogens is 1. The van der Waals surface area contributed by atoms with Crippen LogP contribution in [0.15, 0.2) is 42.5 Å². The highest BCUT2D eigenvalue weighted by Crippen LogP contribution is 2.22. The lowest BCUT2D eigenvalue weighted by Gasteiger charge is -2.16. The summed E-state index contributed by atoms with van der Waals surface area (Å²) in [5, 5.41) is 6.87. The standard InChI is InChI=1S/C18H21ClN2O/c1-12-7-6-8-13(2)18(12)21-17(22)11-20-14(3)15-9-4-5-10-16(15)19/h4-10,14,20H,11H2,1-3H3,(H,21,22)/t14-/m1/s1. The van der Waals surface area contributed by atoms with E-state index in [1.165, 1.54) is 0 Å². The molecule has 2 rings (SSSR count). The Labute approximate surface area is 136 Å². The Morgan fingerprint density at radius 2 is 1.73 bits per heavy atom. The van der Waals surface area contributed by atoms with Crippen molar-refractivity contribution in [3.05, 3.63) is 64.2 Å². The van der Waals surface area contributed by atoms with E-state index in [9.17, 15) is 4.79 Å². The van der Waals surface area contributed by atoms with Crippen LogP contribution in [0.2, 0.25) is 5.02 Å². The third-order valence-electron chi connectivity index (χ3n) is 3.69. The van der Waals surface area contributed by atoms with Crippen molar-refractivity contribution in [2.45, 2.75) is 26.8 Å². The summed E-state index contributed by atoms with van der Waals surface area (Å²) in [5.41, 5.74) is 4.00. The molecule has 3 nitrogen and oxygen atoms in total. The van der Waals surface area contributed by atoms with Crippen LogP contribution in [0, 0.1) is 13.8 Å². The van der Waals surface area contributed by atoms with Gasteiger partial charge in [-0.1, -0.05) is 48.0 Å². The number of hydrogen-bond donors (Lipinski definition) is 2. The Balaban J connectivity index is 1.95. The van der Waals surface area contributed by atoms with E-state index in [2.05, 4.69) is 10.6 Å². The fourth-order valence-corrected chi connectivity index (χ4v) is 2.68. The number of amides is 1. The average molecular weight is 317 g/mol. The number of para-hydroxylation sites is 1. The molecule has 0 unspecified atom stereocenters. The highest BCUT2D eigenvalue weighted by atomic mass is 35.5. The van der Waals surface area contributed by atoms with Crippen LogP contribution in [0.1, 0.15) is 29.7 Å². The highest BCUT2D eigenvalue weighted by Gasteiger charge is 2.11. The molecule has 0 aliphatic rings. The monoisotopic (exact) mass is 316 g/mol. The minimum atomic E-state index is -0.0590. The Morgan fingerprint density at radius 3 is 2.36 bits per heavy atom. The third-order valence-corrected chi connectivity index (χ3v) is 4.03. The van der Waals surface area contributed by atoms with E-state index < -0.39 is 0 Å². The van der Waals surface area contributed by atoms with Gasteiger partial charge in [-0.05, 0) is 43.5 Å². The lowest BCUT2D eigenvalue weighted by Crippen LogP contribution is -2.30. The average Bonchev–Trinajstić information content (AvgIpc) is 2.49. The summed E-state index contributed by atoms with van der Waals surface area (Å²) in [6.45, 7) is 6.21. The predicted octanol–water partition coefficient (Wildman–Crippen LogP) is 4.25. The van der Waals surface area contributed by atoms with E-state index in [4.69, 9.17) is 11.6 Å². The molecular formula is C18H21ClN2O. The number of nitrogens with one attached hydrogen (secondary N) is 2. The number of aryl methyl sites for hydroxylation is 2. The maximum Gasteiger partial charge on any atom is 0.238 e. The van der Waals surface area contributed by atoms with Crippen LogP contribution in [0.3, 0.4) is 0 Å². The molecule has 1 atom stereocenters. The molecule has 0 heterocycles.